The van der Waals surface area contributed by atoms with Crippen LogP contribution in [0.15, 0.2) is 22.9 Å². The fourth-order valence-electron chi connectivity index (χ4n) is 2.99. The van der Waals surface area contributed by atoms with Gasteiger partial charge in [0.05, 0.1) is 18.5 Å². The Morgan fingerprint density at radius 3 is 2.70 bits per heavy atom. The predicted molar refractivity (Wildman–Crippen MR) is 95.6 cm³/mol. The topological polar surface area (TPSA) is 90.1 Å². The van der Waals surface area contributed by atoms with Crippen molar-refractivity contribution in [3.05, 3.63) is 29.9 Å². The SMILES string of the molecule is CCOP(=O)(Cc1ccc(-c2noc(C(F)(F)Cl)n2)cn1)NC1CCCC1. The zero-order chi connectivity index (χ0) is 19.5. The smallest absolute Gasteiger partial charge is 0.331 e. The van der Waals surface area contributed by atoms with E-state index in [1.54, 1.807) is 19.1 Å². The maximum absolute atomic E-state index is 13.1. The number of hydrogen-bond acceptors (Lipinski definition) is 6. The molecule has 27 heavy (non-hydrogen) atoms. The molecule has 0 spiro atoms. The van der Waals surface area contributed by atoms with E-state index in [-0.39, 0.29) is 18.0 Å². The Kier molecular flexibility index (Phi) is 6.25. The Morgan fingerprint density at radius 1 is 1.41 bits per heavy atom. The van der Waals surface area contributed by atoms with E-state index in [2.05, 4.69) is 24.7 Å². The summed E-state index contributed by atoms with van der Waals surface area (Å²) in [6.07, 6.45) is 5.73. The van der Waals surface area contributed by atoms with Crippen LogP contribution in [0.5, 0.6) is 0 Å². The average molecular weight is 421 g/mol. The molecule has 1 aliphatic carbocycles. The lowest BCUT2D eigenvalue weighted by molar-refractivity contribution is 0.0551. The van der Waals surface area contributed by atoms with E-state index in [4.69, 9.17) is 16.1 Å². The Morgan fingerprint density at radius 2 is 2.15 bits per heavy atom. The van der Waals surface area contributed by atoms with Crippen LogP contribution in [0.2, 0.25) is 0 Å². The second kappa shape index (κ2) is 8.31. The fourth-order valence-corrected chi connectivity index (χ4v) is 5.17. The molecule has 1 fully saturated rings. The number of nitrogens with one attached hydrogen (secondary N) is 1. The van der Waals surface area contributed by atoms with Crippen molar-refractivity contribution < 1.29 is 22.4 Å². The molecule has 0 saturated heterocycles. The molecule has 1 saturated carbocycles. The van der Waals surface area contributed by atoms with Crippen LogP contribution in [-0.4, -0.2) is 27.8 Å². The summed E-state index contributed by atoms with van der Waals surface area (Å²) in [7, 11) is -3.07. The van der Waals surface area contributed by atoms with Crippen LogP contribution in [0, 0.1) is 0 Å². The Balaban J connectivity index is 1.71. The lowest BCUT2D eigenvalue weighted by atomic mass is 10.2. The van der Waals surface area contributed by atoms with Crippen molar-refractivity contribution in [3.8, 4) is 11.4 Å². The molecule has 0 amide bonds. The minimum Gasteiger partial charge on any atom is -0.331 e. The molecule has 0 aromatic carbocycles. The van der Waals surface area contributed by atoms with E-state index in [0.717, 1.165) is 25.7 Å². The summed E-state index contributed by atoms with van der Waals surface area (Å²) < 4.78 is 49.0. The number of rotatable bonds is 8. The molecule has 148 valence electrons. The molecule has 1 atom stereocenters. The molecular formula is C16H20ClF2N4O3P. The van der Waals surface area contributed by atoms with E-state index in [1.165, 1.54) is 6.20 Å². The highest BCUT2D eigenvalue weighted by atomic mass is 35.5. The number of halogens is 3. The molecule has 1 unspecified atom stereocenters. The van der Waals surface area contributed by atoms with Gasteiger partial charge < -0.3 is 9.05 Å². The first-order chi connectivity index (χ1) is 12.8. The number of alkyl halides is 3. The van der Waals surface area contributed by atoms with Crippen molar-refractivity contribution in [2.45, 2.75) is 50.2 Å². The largest absolute Gasteiger partial charge is 0.400 e. The molecule has 0 bridgehead atoms. The van der Waals surface area contributed by atoms with Crippen molar-refractivity contribution in [1.82, 2.24) is 20.2 Å². The van der Waals surface area contributed by atoms with Crippen LogP contribution in [0.1, 0.15) is 44.2 Å². The molecule has 3 rings (SSSR count). The van der Waals surface area contributed by atoms with E-state index in [9.17, 15) is 13.3 Å². The van der Waals surface area contributed by atoms with Crippen molar-refractivity contribution >= 4 is 19.1 Å². The maximum atomic E-state index is 13.1. The first kappa shape index (κ1) is 20.3. The van der Waals surface area contributed by atoms with Gasteiger partial charge in [-0.3, -0.25) is 9.55 Å². The average Bonchev–Trinajstić information content (AvgIpc) is 3.26. The van der Waals surface area contributed by atoms with Gasteiger partial charge in [-0.2, -0.15) is 13.8 Å². The minimum atomic E-state index is -3.73. The molecule has 1 aliphatic rings. The van der Waals surface area contributed by atoms with Gasteiger partial charge in [0.25, 0.3) is 7.52 Å². The quantitative estimate of drug-likeness (QED) is 0.489. The molecule has 0 radical (unpaired) electrons. The van der Waals surface area contributed by atoms with Gasteiger partial charge in [-0.25, -0.2) is 5.09 Å². The molecule has 2 aromatic heterocycles. The van der Waals surface area contributed by atoms with Crippen molar-refractivity contribution in [2.75, 3.05) is 6.61 Å². The van der Waals surface area contributed by atoms with Gasteiger partial charge in [0, 0.05) is 17.8 Å². The van der Waals surface area contributed by atoms with Crippen molar-refractivity contribution in [3.63, 3.8) is 0 Å². The number of nitrogens with zero attached hydrogens (tertiary/aromatic N) is 3. The van der Waals surface area contributed by atoms with Crippen molar-refractivity contribution in [2.24, 2.45) is 0 Å². The number of hydrogen-bond donors (Lipinski definition) is 1. The summed E-state index contributed by atoms with van der Waals surface area (Å²) in [5.74, 6) is -1.04. The monoisotopic (exact) mass is 420 g/mol. The second-order valence-electron chi connectivity index (χ2n) is 6.32. The maximum Gasteiger partial charge on any atom is 0.400 e. The fraction of sp³-hybridized carbons (Fsp3) is 0.562. The first-order valence-corrected chi connectivity index (χ1v) is 10.9. The molecule has 11 heteroatoms. The first-order valence-electron chi connectivity index (χ1n) is 8.67. The number of aromatic nitrogens is 3. The van der Waals surface area contributed by atoms with E-state index in [1.807, 2.05) is 0 Å². The standard InChI is InChI=1S/C16H20ClF2N4O3P/c1-2-25-27(24,23-12-5-3-4-6-12)10-13-8-7-11(9-20-13)14-21-15(26-22-14)16(17,18)19/h7-9,12H,2-6,10H2,1H3,(H,23,24). The highest BCUT2D eigenvalue weighted by Crippen LogP contribution is 2.47. The van der Waals surface area contributed by atoms with Crippen LogP contribution >= 0.6 is 19.1 Å². The van der Waals surface area contributed by atoms with Crippen LogP contribution in [-0.2, 0) is 20.6 Å². The third kappa shape index (κ3) is 5.31. The van der Waals surface area contributed by atoms with Gasteiger partial charge in [-0.15, -0.1) is 0 Å². The molecule has 2 aromatic rings. The molecule has 2 heterocycles. The van der Waals surface area contributed by atoms with Gasteiger partial charge in [0.15, 0.2) is 0 Å². The molecule has 7 nitrogen and oxygen atoms in total. The van der Waals surface area contributed by atoms with E-state index < -0.39 is 18.8 Å². The lowest BCUT2D eigenvalue weighted by Crippen LogP contribution is -2.25. The molecular weight excluding hydrogens is 401 g/mol. The Bertz CT molecular complexity index is 807. The molecule has 0 aliphatic heterocycles. The van der Waals surface area contributed by atoms with Crippen LogP contribution < -0.4 is 5.09 Å². The number of pyridine rings is 1. The van der Waals surface area contributed by atoms with Crippen LogP contribution in [0.3, 0.4) is 0 Å². The van der Waals surface area contributed by atoms with Gasteiger partial charge >= 0.3 is 11.3 Å². The van der Waals surface area contributed by atoms with Crippen LogP contribution in [0.25, 0.3) is 11.4 Å². The highest BCUT2D eigenvalue weighted by Gasteiger charge is 2.36. The summed E-state index contributed by atoms with van der Waals surface area (Å²) in [6.45, 7) is 2.12. The van der Waals surface area contributed by atoms with Gasteiger partial charge in [-0.05, 0) is 43.5 Å². The van der Waals surface area contributed by atoms with E-state index in [0.29, 0.717) is 17.9 Å². The third-order valence-electron chi connectivity index (χ3n) is 4.19. The highest BCUT2D eigenvalue weighted by molar-refractivity contribution is 7.56. The van der Waals surface area contributed by atoms with Crippen LogP contribution in [0.4, 0.5) is 8.78 Å². The zero-order valence-electron chi connectivity index (χ0n) is 14.7. The Hall–Kier alpha value is -1.41. The normalized spacial score (nSPS) is 17.9. The van der Waals surface area contributed by atoms with Gasteiger partial charge in [0.2, 0.25) is 5.82 Å². The lowest BCUT2D eigenvalue weighted by Gasteiger charge is -2.22. The summed E-state index contributed by atoms with van der Waals surface area (Å²) >= 11 is 4.86. The zero-order valence-corrected chi connectivity index (χ0v) is 16.3. The van der Waals surface area contributed by atoms with Crippen molar-refractivity contribution in [1.29, 1.82) is 0 Å². The summed E-state index contributed by atoms with van der Waals surface area (Å²) in [5.41, 5.74) is 0.928. The second-order valence-corrected chi connectivity index (χ2v) is 8.97. The van der Waals surface area contributed by atoms with Gasteiger partial charge in [0.1, 0.15) is 0 Å². The predicted octanol–water partition coefficient (Wildman–Crippen LogP) is 4.68. The summed E-state index contributed by atoms with van der Waals surface area (Å²) in [6, 6.07) is 3.41. The van der Waals surface area contributed by atoms with E-state index >= 15 is 0 Å². The Labute approximate surface area is 160 Å². The van der Waals surface area contributed by atoms with Gasteiger partial charge in [-0.1, -0.05) is 18.0 Å². The summed E-state index contributed by atoms with van der Waals surface area (Å²) in [4.78, 5) is 7.80. The molecule has 1 N–H and O–H groups in total. The summed E-state index contributed by atoms with van der Waals surface area (Å²) in [5, 5.41) is 2.91. The minimum absolute atomic E-state index is 0.0542. The third-order valence-corrected chi connectivity index (χ3v) is 6.53.